The topological polar surface area (TPSA) is 94.4 Å². The Hall–Kier alpha value is -3.00. The molecule has 8 heteroatoms. The number of carbonyl (C=O) groups is 1. The molecule has 1 N–H and O–H groups in total. The summed E-state index contributed by atoms with van der Waals surface area (Å²) in [5, 5.41) is 14.0. The molecule has 7 nitrogen and oxygen atoms in total. The Morgan fingerprint density at radius 3 is 2.65 bits per heavy atom. The first-order chi connectivity index (χ1) is 12.4. The maximum absolute atomic E-state index is 12.3. The van der Waals surface area contributed by atoms with Crippen LogP contribution in [0.3, 0.4) is 0 Å². The SMILES string of the molecule is CC(C)COc1ccc(C(=O)Nc2nc3ccc([N+](=O)[O-])cc3s2)cc1. The average Bonchev–Trinajstić information content (AvgIpc) is 3.01. The lowest BCUT2D eigenvalue weighted by Crippen LogP contribution is -2.11. The van der Waals surface area contributed by atoms with Gasteiger partial charge in [-0.25, -0.2) is 4.98 Å². The van der Waals surface area contributed by atoms with Gasteiger partial charge in [0.15, 0.2) is 5.13 Å². The minimum absolute atomic E-state index is 0.00369. The minimum atomic E-state index is -0.458. The van der Waals surface area contributed by atoms with Crippen LogP contribution < -0.4 is 10.1 Å². The van der Waals surface area contributed by atoms with Crippen molar-refractivity contribution in [2.45, 2.75) is 13.8 Å². The third kappa shape index (κ3) is 4.15. The summed E-state index contributed by atoms with van der Waals surface area (Å²) in [6, 6.07) is 11.3. The lowest BCUT2D eigenvalue weighted by molar-refractivity contribution is -0.384. The number of aromatic nitrogens is 1. The lowest BCUT2D eigenvalue weighted by Gasteiger charge is -2.09. The summed E-state index contributed by atoms with van der Waals surface area (Å²) in [7, 11) is 0. The van der Waals surface area contributed by atoms with Crippen LogP contribution in [0, 0.1) is 16.0 Å². The van der Waals surface area contributed by atoms with Gasteiger partial charge in [0.2, 0.25) is 0 Å². The number of hydrogen-bond acceptors (Lipinski definition) is 6. The van der Waals surface area contributed by atoms with Gasteiger partial charge >= 0.3 is 0 Å². The zero-order chi connectivity index (χ0) is 18.7. The molecule has 0 fully saturated rings. The van der Waals surface area contributed by atoms with Crippen molar-refractivity contribution < 1.29 is 14.5 Å². The van der Waals surface area contributed by atoms with E-state index >= 15 is 0 Å². The van der Waals surface area contributed by atoms with E-state index in [0.717, 1.165) is 0 Å². The Bertz CT molecular complexity index is 951. The van der Waals surface area contributed by atoms with Crippen molar-refractivity contribution >= 4 is 38.3 Å². The van der Waals surface area contributed by atoms with Gasteiger partial charge in [-0.05, 0) is 36.2 Å². The molecule has 1 heterocycles. The van der Waals surface area contributed by atoms with Gasteiger partial charge in [-0.2, -0.15) is 0 Å². The van der Waals surface area contributed by atoms with Crippen molar-refractivity contribution in [3.05, 3.63) is 58.1 Å². The minimum Gasteiger partial charge on any atom is -0.493 e. The van der Waals surface area contributed by atoms with E-state index in [4.69, 9.17) is 4.74 Å². The van der Waals surface area contributed by atoms with Crippen LogP contribution in [-0.2, 0) is 0 Å². The number of amides is 1. The van der Waals surface area contributed by atoms with E-state index < -0.39 is 4.92 Å². The molecular weight excluding hydrogens is 354 g/mol. The Balaban J connectivity index is 1.71. The third-order valence-electron chi connectivity index (χ3n) is 3.50. The number of rotatable bonds is 6. The molecule has 3 rings (SSSR count). The number of thiazole rings is 1. The molecule has 0 aliphatic carbocycles. The van der Waals surface area contributed by atoms with Crippen molar-refractivity contribution in [2.75, 3.05) is 11.9 Å². The van der Waals surface area contributed by atoms with E-state index in [1.807, 2.05) is 0 Å². The number of nitrogens with one attached hydrogen (secondary N) is 1. The Labute approximate surface area is 153 Å². The number of hydrogen-bond donors (Lipinski definition) is 1. The molecule has 2 aromatic carbocycles. The van der Waals surface area contributed by atoms with E-state index in [2.05, 4.69) is 24.1 Å². The van der Waals surface area contributed by atoms with E-state index in [1.165, 1.54) is 23.5 Å². The number of nitro groups is 1. The number of carbonyl (C=O) groups excluding carboxylic acids is 1. The number of nitro benzene ring substituents is 1. The molecule has 0 radical (unpaired) electrons. The lowest BCUT2D eigenvalue weighted by atomic mass is 10.2. The molecule has 0 saturated carbocycles. The summed E-state index contributed by atoms with van der Waals surface area (Å²) in [5.41, 5.74) is 1.08. The van der Waals surface area contributed by atoms with Gasteiger partial charge in [0, 0.05) is 17.7 Å². The largest absolute Gasteiger partial charge is 0.493 e. The summed E-state index contributed by atoms with van der Waals surface area (Å²) in [5.74, 6) is 0.837. The smallest absolute Gasteiger partial charge is 0.270 e. The van der Waals surface area contributed by atoms with Gasteiger partial charge in [-0.15, -0.1) is 0 Å². The van der Waals surface area contributed by atoms with Crippen molar-refractivity contribution in [1.29, 1.82) is 0 Å². The highest BCUT2D eigenvalue weighted by Crippen LogP contribution is 2.29. The molecule has 0 aliphatic rings. The molecule has 0 unspecified atom stereocenters. The zero-order valence-electron chi connectivity index (χ0n) is 14.3. The van der Waals surface area contributed by atoms with Crippen LogP contribution in [-0.4, -0.2) is 22.4 Å². The standard InChI is InChI=1S/C18H17N3O4S/c1-11(2)10-25-14-6-3-12(4-7-14)17(22)20-18-19-15-8-5-13(21(23)24)9-16(15)26-18/h3-9,11H,10H2,1-2H3,(H,19,20,22). The molecule has 3 aromatic rings. The predicted molar refractivity (Wildman–Crippen MR) is 101 cm³/mol. The van der Waals surface area contributed by atoms with Crippen LogP contribution >= 0.6 is 11.3 Å². The average molecular weight is 371 g/mol. The molecule has 0 aliphatic heterocycles. The molecule has 0 saturated heterocycles. The van der Waals surface area contributed by atoms with Gasteiger partial charge in [0.1, 0.15) is 5.75 Å². The Kier molecular flexibility index (Phi) is 5.13. The number of anilines is 1. The van der Waals surface area contributed by atoms with Crippen LogP contribution in [0.4, 0.5) is 10.8 Å². The molecule has 26 heavy (non-hydrogen) atoms. The highest BCUT2D eigenvalue weighted by Gasteiger charge is 2.13. The normalized spacial score (nSPS) is 10.9. The van der Waals surface area contributed by atoms with Gasteiger partial charge in [0.05, 0.1) is 21.7 Å². The number of non-ortho nitro benzene ring substituents is 1. The number of nitrogens with zero attached hydrogens (tertiary/aromatic N) is 2. The molecule has 0 bridgehead atoms. The highest BCUT2D eigenvalue weighted by atomic mass is 32.1. The van der Waals surface area contributed by atoms with Gasteiger partial charge in [0.25, 0.3) is 11.6 Å². The van der Waals surface area contributed by atoms with Crippen molar-refractivity contribution in [3.63, 3.8) is 0 Å². The fraction of sp³-hybridized carbons (Fsp3) is 0.222. The summed E-state index contributed by atoms with van der Waals surface area (Å²) in [4.78, 5) is 27.0. The predicted octanol–water partition coefficient (Wildman–Crippen LogP) is 4.49. The highest BCUT2D eigenvalue weighted by molar-refractivity contribution is 7.22. The Morgan fingerprint density at radius 1 is 1.27 bits per heavy atom. The van der Waals surface area contributed by atoms with Gasteiger partial charge in [-0.3, -0.25) is 20.2 Å². The molecule has 0 atom stereocenters. The van der Waals surface area contributed by atoms with Crippen molar-refractivity contribution in [2.24, 2.45) is 5.92 Å². The van der Waals surface area contributed by atoms with Crippen LogP contribution in [0.1, 0.15) is 24.2 Å². The third-order valence-corrected chi connectivity index (χ3v) is 4.44. The van der Waals surface area contributed by atoms with Crippen molar-refractivity contribution in [1.82, 2.24) is 4.98 Å². The first-order valence-corrected chi connectivity index (χ1v) is 8.83. The molecule has 1 amide bonds. The van der Waals surface area contributed by atoms with Gasteiger partial charge in [-0.1, -0.05) is 25.2 Å². The second kappa shape index (κ2) is 7.49. The van der Waals surface area contributed by atoms with Crippen molar-refractivity contribution in [3.8, 4) is 5.75 Å². The molecule has 1 aromatic heterocycles. The summed E-state index contributed by atoms with van der Waals surface area (Å²) in [6.45, 7) is 4.74. The number of fused-ring (bicyclic) bond motifs is 1. The van der Waals surface area contributed by atoms with Gasteiger partial charge < -0.3 is 4.74 Å². The second-order valence-electron chi connectivity index (χ2n) is 6.11. The summed E-state index contributed by atoms with van der Waals surface area (Å²) in [6.07, 6.45) is 0. The Morgan fingerprint density at radius 2 is 2.00 bits per heavy atom. The van der Waals surface area contributed by atoms with E-state index in [0.29, 0.717) is 39.2 Å². The fourth-order valence-corrected chi connectivity index (χ4v) is 3.11. The number of benzene rings is 2. The van der Waals surface area contributed by atoms with Crippen LogP contribution in [0.5, 0.6) is 5.75 Å². The van der Waals surface area contributed by atoms with E-state index in [1.54, 1.807) is 30.3 Å². The van der Waals surface area contributed by atoms with E-state index in [9.17, 15) is 14.9 Å². The van der Waals surface area contributed by atoms with Crippen LogP contribution in [0.25, 0.3) is 10.2 Å². The summed E-state index contributed by atoms with van der Waals surface area (Å²) < 4.78 is 6.24. The molecule has 134 valence electrons. The summed E-state index contributed by atoms with van der Waals surface area (Å²) >= 11 is 1.19. The maximum atomic E-state index is 12.3. The fourth-order valence-electron chi connectivity index (χ4n) is 2.22. The maximum Gasteiger partial charge on any atom is 0.270 e. The second-order valence-corrected chi connectivity index (χ2v) is 7.14. The molecule has 0 spiro atoms. The molecular formula is C18H17N3O4S. The van der Waals surface area contributed by atoms with Crippen LogP contribution in [0.15, 0.2) is 42.5 Å². The quantitative estimate of drug-likeness (QED) is 0.509. The monoisotopic (exact) mass is 371 g/mol. The number of ether oxygens (including phenoxy) is 1. The first kappa shape index (κ1) is 17.8. The van der Waals surface area contributed by atoms with E-state index in [-0.39, 0.29) is 11.6 Å². The zero-order valence-corrected chi connectivity index (χ0v) is 15.1. The first-order valence-electron chi connectivity index (χ1n) is 8.01. The van der Waals surface area contributed by atoms with Crippen LogP contribution in [0.2, 0.25) is 0 Å².